The van der Waals surface area contributed by atoms with E-state index in [0.717, 1.165) is 0 Å². The van der Waals surface area contributed by atoms with E-state index in [1.54, 1.807) is 19.1 Å². The van der Waals surface area contributed by atoms with Crippen molar-refractivity contribution in [3.8, 4) is 6.07 Å². The Morgan fingerprint density at radius 1 is 1.44 bits per heavy atom. The van der Waals surface area contributed by atoms with E-state index in [2.05, 4.69) is 21.7 Å². The first kappa shape index (κ1) is 17.9. The number of carbonyl (C=O) groups is 1. The van der Waals surface area contributed by atoms with Crippen LogP contribution in [-0.2, 0) is 4.79 Å². The van der Waals surface area contributed by atoms with E-state index in [-0.39, 0.29) is 29.8 Å². The predicted octanol–water partition coefficient (Wildman–Crippen LogP) is 2.92. The van der Waals surface area contributed by atoms with Crippen LogP contribution in [0.4, 0.5) is 10.2 Å². The number of hydrogen-bond donors (Lipinski definition) is 2. The molecule has 1 saturated heterocycles. The van der Waals surface area contributed by atoms with Crippen LogP contribution >= 0.6 is 11.6 Å². The van der Waals surface area contributed by atoms with Crippen LogP contribution in [0.15, 0.2) is 12.1 Å². The van der Waals surface area contributed by atoms with Gasteiger partial charge in [-0.1, -0.05) is 0 Å². The van der Waals surface area contributed by atoms with Crippen LogP contribution in [0.2, 0.25) is 0 Å². The summed E-state index contributed by atoms with van der Waals surface area (Å²) in [7, 11) is 0. The summed E-state index contributed by atoms with van der Waals surface area (Å²) < 4.78 is 13.8. The minimum absolute atomic E-state index is 0.0492. The molecule has 1 aliphatic carbocycles. The van der Waals surface area contributed by atoms with Crippen LogP contribution in [0.3, 0.4) is 0 Å². The summed E-state index contributed by atoms with van der Waals surface area (Å²) in [5, 5.41) is 14.7. The van der Waals surface area contributed by atoms with Gasteiger partial charge in [-0.2, -0.15) is 5.26 Å². The van der Waals surface area contributed by atoms with Crippen molar-refractivity contribution in [1.82, 2.24) is 10.3 Å². The summed E-state index contributed by atoms with van der Waals surface area (Å²) in [6, 6.07) is 5.31. The van der Waals surface area contributed by atoms with Crippen molar-refractivity contribution >= 4 is 23.3 Å². The second-order valence-electron chi connectivity index (χ2n) is 7.10. The van der Waals surface area contributed by atoms with Crippen molar-refractivity contribution in [2.24, 2.45) is 11.8 Å². The van der Waals surface area contributed by atoms with Gasteiger partial charge in [0, 0.05) is 18.5 Å². The molecule has 6 unspecified atom stereocenters. The van der Waals surface area contributed by atoms with Crippen LogP contribution < -0.4 is 10.6 Å². The third-order valence-electron chi connectivity index (χ3n) is 5.37. The number of alkyl halides is 2. The Labute approximate surface area is 152 Å². The number of amides is 1. The van der Waals surface area contributed by atoms with Gasteiger partial charge in [-0.3, -0.25) is 4.79 Å². The SMILES string of the molecule is Cc1nc(NC(C)C2CC3CC(Cl)C(F)CC3NC2=O)ccc1C#N. The highest BCUT2D eigenvalue weighted by atomic mass is 35.5. The zero-order valence-corrected chi connectivity index (χ0v) is 15.1. The zero-order chi connectivity index (χ0) is 18.1. The lowest BCUT2D eigenvalue weighted by Crippen LogP contribution is -2.56. The third-order valence-corrected chi connectivity index (χ3v) is 5.83. The lowest BCUT2D eigenvalue weighted by molar-refractivity contribution is -0.130. The van der Waals surface area contributed by atoms with Crippen molar-refractivity contribution in [2.75, 3.05) is 5.32 Å². The van der Waals surface area contributed by atoms with Gasteiger partial charge in [0.15, 0.2) is 0 Å². The monoisotopic (exact) mass is 364 g/mol. The summed E-state index contributed by atoms with van der Waals surface area (Å²) in [5.41, 5.74) is 1.19. The maximum Gasteiger partial charge on any atom is 0.225 e. The van der Waals surface area contributed by atoms with Crippen LogP contribution in [-0.4, -0.2) is 34.5 Å². The fourth-order valence-electron chi connectivity index (χ4n) is 3.87. The van der Waals surface area contributed by atoms with E-state index in [9.17, 15) is 9.18 Å². The molecule has 2 fully saturated rings. The fraction of sp³-hybridized carbons (Fsp3) is 0.611. The molecular formula is C18H22ClFN4O. The molecule has 1 aromatic heterocycles. The van der Waals surface area contributed by atoms with Gasteiger partial charge in [-0.25, -0.2) is 9.37 Å². The summed E-state index contributed by atoms with van der Waals surface area (Å²) in [6.07, 6.45) is 0.525. The molecular weight excluding hydrogens is 343 g/mol. The summed E-state index contributed by atoms with van der Waals surface area (Å²) in [4.78, 5) is 16.8. The second-order valence-corrected chi connectivity index (χ2v) is 7.66. The van der Waals surface area contributed by atoms with Gasteiger partial charge in [0.1, 0.15) is 18.1 Å². The van der Waals surface area contributed by atoms with Crippen molar-refractivity contribution in [3.63, 3.8) is 0 Å². The van der Waals surface area contributed by atoms with Crippen molar-refractivity contribution in [2.45, 2.75) is 56.7 Å². The van der Waals surface area contributed by atoms with E-state index < -0.39 is 11.5 Å². The molecule has 6 atom stereocenters. The number of piperidine rings is 1. The first-order valence-electron chi connectivity index (χ1n) is 8.61. The number of hydrogen-bond acceptors (Lipinski definition) is 4. The molecule has 7 heteroatoms. The number of carbonyl (C=O) groups excluding carboxylic acids is 1. The Morgan fingerprint density at radius 3 is 2.88 bits per heavy atom. The van der Waals surface area contributed by atoms with E-state index in [1.807, 2.05) is 6.92 Å². The highest BCUT2D eigenvalue weighted by Crippen LogP contribution is 2.38. The average Bonchev–Trinajstić information content (AvgIpc) is 2.56. The summed E-state index contributed by atoms with van der Waals surface area (Å²) in [5.74, 6) is 0.574. The number of pyridine rings is 1. The van der Waals surface area contributed by atoms with E-state index in [1.165, 1.54) is 0 Å². The normalized spacial score (nSPS) is 32.9. The topological polar surface area (TPSA) is 77.8 Å². The van der Waals surface area contributed by atoms with Gasteiger partial charge >= 0.3 is 0 Å². The maximum atomic E-state index is 13.8. The number of rotatable bonds is 3. The molecule has 1 aromatic rings. The third kappa shape index (κ3) is 3.72. The molecule has 1 saturated carbocycles. The number of anilines is 1. The molecule has 1 amide bonds. The number of fused-ring (bicyclic) bond motifs is 1. The average molecular weight is 365 g/mol. The van der Waals surface area contributed by atoms with Crippen molar-refractivity contribution in [3.05, 3.63) is 23.4 Å². The molecule has 0 bridgehead atoms. The highest BCUT2D eigenvalue weighted by Gasteiger charge is 2.44. The summed E-state index contributed by atoms with van der Waals surface area (Å²) in [6.45, 7) is 3.72. The van der Waals surface area contributed by atoms with Crippen LogP contribution in [0.1, 0.15) is 37.4 Å². The van der Waals surface area contributed by atoms with Crippen molar-refractivity contribution < 1.29 is 9.18 Å². The molecule has 0 spiro atoms. The molecule has 0 radical (unpaired) electrons. The highest BCUT2D eigenvalue weighted by molar-refractivity contribution is 6.21. The van der Waals surface area contributed by atoms with E-state index in [0.29, 0.717) is 36.3 Å². The Bertz CT molecular complexity index is 707. The Balaban J connectivity index is 1.68. The van der Waals surface area contributed by atoms with Crippen LogP contribution in [0, 0.1) is 30.1 Å². The maximum absolute atomic E-state index is 13.8. The zero-order valence-electron chi connectivity index (χ0n) is 14.3. The first-order valence-corrected chi connectivity index (χ1v) is 9.05. The first-order chi connectivity index (χ1) is 11.9. The molecule has 25 heavy (non-hydrogen) atoms. The largest absolute Gasteiger partial charge is 0.367 e. The Morgan fingerprint density at radius 2 is 2.20 bits per heavy atom. The number of aryl methyl sites for hydroxylation is 1. The lowest BCUT2D eigenvalue weighted by atomic mass is 9.73. The Kier molecular flexibility index (Phi) is 5.14. The number of nitrogens with one attached hydrogen (secondary N) is 2. The van der Waals surface area contributed by atoms with Gasteiger partial charge in [0.05, 0.1) is 22.6 Å². The van der Waals surface area contributed by atoms with Gasteiger partial charge in [0.25, 0.3) is 0 Å². The minimum Gasteiger partial charge on any atom is -0.367 e. The quantitative estimate of drug-likeness (QED) is 0.808. The molecule has 1 aliphatic heterocycles. The molecule has 2 aliphatic rings. The lowest BCUT2D eigenvalue weighted by Gasteiger charge is -2.43. The molecule has 2 heterocycles. The molecule has 3 rings (SSSR count). The number of aromatic nitrogens is 1. The second kappa shape index (κ2) is 7.17. The molecule has 5 nitrogen and oxygen atoms in total. The van der Waals surface area contributed by atoms with E-state index >= 15 is 0 Å². The molecule has 2 N–H and O–H groups in total. The molecule has 134 valence electrons. The van der Waals surface area contributed by atoms with Crippen LogP contribution in [0.25, 0.3) is 0 Å². The number of nitriles is 1. The number of halogens is 2. The standard InChI is InChI=1S/C18H22ClFN4O/c1-9-11(8-21)3-4-17(22-9)23-10(2)13-5-12-6-14(19)15(20)7-16(12)24-18(13)25/h3-4,10,12-16H,5-7H2,1-2H3,(H,22,23)(H,24,25). The smallest absolute Gasteiger partial charge is 0.225 e. The van der Waals surface area contributed by atoms with E-state index in [4.69, 9.17) is 16.9 Å². The Hall–Kier alpha value is -1.87. The minimum atomic E-state index is -1.05. The van der Waals surface area contributed by atoms with Crippen molar-refractivity contribution in [1.29, 1.82) is 5.26 Å². The predicted molar refractivity (Wildman–Crippen MR) is 94.1 cm³/mol. The van der Waals surface area contributed by atoms with Gasteiger partial charge in [-0.15, -0.1) is 11.6 Å². The fourth-order valence-corrected chi connectivity index (χ4v) is 4.20. The van der Waals surface area contributed by atoms with Crippen LogP contribution in [0.5, 0.6) is 0 Å². The van der Waals surface area contributed by atoms with Gasteiger partial charge in [-0.05, 0) is 44.7 Å². The summed E-state index contributed by atoms with van der Waals surface area (Å²) >= 11 is 6.09. The number of nitrogens with zero attached hydrogens (tertiary/aromatic N) is 2. The molecule has 0 aromatic carbocycles. The van der Waals surface area contributed by atoms with Gasteiger partial charge in [0.2, 0.25) is 5.91 Å². The van der Waals surface area contributed by atoms with Gasteiger partial charge < -0.3 is 10.6 Å².